The number of fused-ring (bicyclic) bond motifs is 2. The van der Waals surface area contributed by atoms with E-state index < -0.39 is 0 Å². The zero-order chi connectivity index (χ0) is 18.1. The van der Waals surface area contributed by atoms with Crippen molar-refractivity contribution in [1.82, 2.24) is 10.6 Å². The second-order valence-corrected chi connectivity index (χ2v) is 8.46. The zero-order valence-corrected chi connectivity index (χ0v) is 15.6. The Morgan fingerprint density at radius 1 is 1.16 bits per heavy atom. The van der Waals surface area contributed by atoms with E-state index in [0.29, 0.717) is 36.4 Å². The van der Waals surface area contributed by atoms with E-state index >= 15 is 0 Å². The number of carbonyl (C=O) groups is 2. The van der Waals surface area contributed by atoms with E-state index in [4.69, 9.17) is 0 Å². The molecule has 2 amide bonds. The third kappa shape index (κ3) is 3.31. The molecule has 25 heavy (non-hydrogen) atoms. The molecule has 1 aromatic carbocycles. The van der Waals surface area contributed by atoms with E-state index in [2.05, 4.69) is 31.4 Å². The minimum atomic E-state index is -0.0802. The lowest BCUT2D eigenvalue weighted by atomic mass is 9.69. The molecule has 0 radical (unpaired) electrons. The summed E-state index contributed by atoms with van der Waals surface area (Å²) in [4.78, 5) is 24.3. The topological polar surface area (TPSA) is 58.2 Å². The van der Waals surface area contributed by atoms with E-state index in [1.807, 2.05) is 18.2 Å². The molecule has 2 fully saturated rings. The highest BCUT2D eigenvalue weighted by Crippen LogP contribution is 2.65. The number of hydrogen-bond donors (Lipinski definition) is 2. The largest absolute Gasteiger partial charge is 0.353 e. The molecule has 4 heteroatoms. The minimum Gasteiger partial charge on any atom is -0.353 e. The van der Waals surface area contributed by atoms with E-state index in [1.165, 1.54) is 12.8 Å². The van der Waals surface area contributed by atoms with Crippen LogP contribution >= 0.6 is 0 Å². The molecule has 2 N–H and O–H groups in total. The maximum absolute atomic E-state index is 12.3. The van der Waals surface area contributed by atoms with Crippen LogP contribution in [0.4, 0.5) is 0 Å². The van der Waals surface area contributed by atoms with Crippen molar-refractivity contribution in [3.8, 4) is 0 Å². The average molecular weight is 342 g/mol. The van der Waals surface area contributed by atoms with Gasteiger partial charge in [-0.15, -0.1) is 0 Å². The molecular formula is C21H30N2O2. The van der Waals surface area contributed by atoms with Crippen LogP contribution < -0.4 is 10.6 Å². The maximum Gasteiger partial charge on any atom is 0.251 e. The number of rotatable bonds is 6. The third-order valence-electron chi connectivity index (χ3n) is 7.03. The molecule has 0 saturated heterocycles. The molecule has 3 atom stereocenters. The summed E-state index contributed by atoms with van der Waals surface area (Å²) < 4.78 is 0. The number of carbonyl (C=O) groups excluding carboxylic acids is 2. The summed E-state index contributed by atoms with van der Waals surface area (Å²) in [5.74, 6) is 0.764. The molecule has 0 aliphatic heterocycles. The van der Waals surface area contributed by atoms with Gasteiger partial charge in [0.25, 0.3) is 5.91 Å². The Morgan fingerprint density at radius 2 is 1.88 bits per heavy atom. The number of amides is 2. The second-order valence-electron chi connectivity index (χ2n) is 8.46. The normalized spacial score (nSPS) is 29.4. The highest BCUT2D eigenvalue weighted by atomic mass is 16.2. The summed E-state index contributed by atoms with van der Waals surface area (Å²) in [6.45, 7) is 7.58. The monoisotopic (exact) mass is 342 g/mol. The lowest BCUT2D eigenvalue weighted by molar-refractivity contribution is -0.122. The van der Waals surface area contributed by atoms with Crippen LogP contribution in [0, 0.1) is 16.7 Å². The minimum absolute atomic E-state index is 0.0802. The van der Waals surface area contributed by atoms with Crippen LogP contribution in [0.3, 0.4) is 0 Å². The lowest BCUT2D eigenvalue weighted by Gasteiger charge is -2.39. The summed E-state index contributed by atoms with van der Waals surface area (Å²) >= 11 is 0. The van der Waals surface area contributed by atoms with E-state index in [9.17, 15) is 9.59 Å². The van der Waals surface area contributed by atoms with E-state index in [0.717, 1.165) is 12.3 Å². The average Bonchev–Trinajstić information content (AvgIpc) is 2.93. The molecule has 2 bridgehead atoms. The molecule has 1 aromatic rings. The fourth-order valence-electron chi connectivity index (χ4n) is 4.83. The summed E-state index contributed by atoms with van der Waals surface area (Å²) in [5.41, 5.74) is 1.19. The van der Waals surface area contributed by atoms with E-state index in [-0.39, 0.29) is 17.2 Å². The van der Waals surface area contributed by atoms with Crippen molar-refractivity contribution >= 4 is 11.8 Å². The molecule has 3 unspecified atom stereocenters. The van der Waals surface area contributed by atoms with Crippen LogP contribution in [-0.2, 0) is 4.79 Å². The van der Waals surface area contributed by atoms with Crippen molar-refractivity contribution < 1.29 is 9.59 Å². The first-order chi connectivity index (χ1) is 11.8. The van der Waals surface area contributed by atoms with Gasteiger partial charge in [-0.1, -0.05) is 39.0 Å². The molecule has 4 nitrogen and oxygen atoms in total. The summed E-state index contributed by atoms with van der Waals surface area (Å²) in [7, 11) is 0. The zero-order valence-electron chi connectivity index (χ0n) is 15.6. The first kappa shape index (κ1) is 18.0. The van der Waals surface area contributed by atoms with Gasteiger partial charge in [0.05, 0.1) is 0 Å². The predicted octanol–water partition coefficient (Wildman–Crippen LogP) is 3.53. The number of nitrogens with one attached hydrogen (secondary N) is 2. The molecule has 2 aliphatic rings. The van der Waals surface area contributed by atoms with Gasteiger partial charge in [0.1, 0.15) is 0 Å². The highest BCUT2D eigenvalue weighted by molar-refractivity contribution is 5.94. The SMILES string of the molecule is CC1(C)C2CCC1(C)C(NC(=O)CCCNC(=O)c1ccccc1)C2. The van der Waals surface area contributed by atoms with Crippen molar-refractivity contribution in [3.63, 3.8) is 0 Å². The van der Waals surface area contributed by atoms with Gasteiger partial charge in [-0.2, -0.15) is 0 Å². The molecule has 3 rings (SSSR count). The smallest absolute Gasteiger partial charge is 0.251 e. The van der Waals surface area contributed by atoms with Gasteiger partial charge in [-0.3, -0.25) is 9.59 Å². The van der Waals surface area contributed by atoms with Gasteiger partial charge >= 0.3 is 0 Å². The van der Waals surface area contributed by atoms with Crippen molar-refractivity contribution in [2.75, 3.05) is 6.54 Å². The lowest BCUT2D eigenvalue weighted by Crippen LogP contribution is -2.46. The first-order valence-electron chi connectivity index (χ1n) is 9.47. The first-order valence-corrected chi connectivity index (χ1v) is 9.47. The van der Waals surface area contributed by atoms with Gasteiger partial charge in [-0.05, 0) is 54.6 Å². The van der Waals surface area contributed by atoms with Crippen LogP contribution in [0.15, 0.2) is 30.3 Å². The second kappa shape index (κ2) is 6.81. The Morgan fingerprint density at radius 3 is 2.48 bits per heavy atom. The Balaban J connectivity index is 1.40. The Bertz CT molecular complexity index is 641. The van der Waals surface area contributed by atoms with Gasteiger partial charge in [0.15, 0.2) is 0 Å². The van der Waals surface area contributed by atoms with Gasteiger partial charge in [-0.25, -0.2) is 0 Å². The maximum atomic E-state index is 12.3. The highest BCUT2D eigenvalue weighted by Gasteiger charge is 2.61. The summed E-state index contributed by atoms with van der Waals surface area (Å²) in [5, 5.41) is 6.15. The molecule has 2 saturated carbocycles. The van der Waals surface area contributed by atoms with Crippen LogP contribution in [0.1, 0.15) is 63.2 Å². The van der Waals surface area contributed by atoms with Crippen molar-refractivity contribution in [2.24, 2.45) is 16.7 Å². The standard InChI is InChI=1S/C21H30N2O2/c1-20(2)16-11-12-21(20,3)17(14-16)23-18(24)10-7-13-22-19(25)15-8-5-4-6-9-15/h4-6,8-9,16-17H,7,10-14H2,1-3H3,(H,22,25)(H,23,24). The quantitative estimate of drug-likeness (QED) is 0.777. The summed E-state index contributed by atoms with van der Waals surface area (Å²) in [6, 6.07) is 9.46. The Labute approximate surface area is 150 Å². The third-order valence-corrected chi connectivity index (χ3v) is 7.03. The molecular weight excluding hydrogens is 312 g/mol. The predicted molar refractivity (Wildman–Crippen MR) is 99.2 cm³/mol. The number of hydrogen-bond acceptors (Lipinski definition) is 2. The molecule has 0 spiro atoms. The molecule has 0 heterocycles. The van der Waals surface area contributed by atoms with Crippen molar-refractivity contribution in [2.45, 2.75) is 58.9 Å². The van der Waals surface area contributed by atoms with Gasteiger partial charge in [0, 0.05) is 24.6 Å². The van der Waals surface area contributed by atoms with Crippen molar-refractivity contribution in [3.05, 3.63) is 35.9 Å². The van der Waals surface area contributed by atoms with Gasteiger partial charge in [0.2, 0.25) is 5.91 Å². The fourth-order valence-corrected chi connectivity index (χ4v) is 4.83. The molecule has 2 aliphatic carbocycles. The Kier molecular flexibility index (Phi) is 4.90. The fraction of sp³-hybridized carbons (Fsp3) is 0.619. The van der Waals surface area contributed by atoms with Crippen LogP contribution in [-0.4, -0.2) is 24.4 Å². The Hall–Kier alpha value is -1.84. The molecule has 0 aromatic heterocycles. The van der Waals surface area contributed by atoms with Crippen LogP contribution in [0.2, 0.25) is 0 Å². The summed E-state index contributed by atoms with van der Waals surface area (Å²) in [6.07, 6.45) is 4.75. The van der Waals surface area contributed by atoms with Crippen LogP contribution in [0.25, 0.3) is 0 Å². The van der Waals surface area contributed by atoms with Crippen LogP contribution in [0.5, 0.6) is 0 Å². The van der Waals surface area contributed by atoms with Gasteiger partial charge < -0.3 is 10.6 Å². The molecule has 136 valence electrons. The number of benzene rings is 1. The van der Waals surface area contributed by atoms with E-state index in [1.54, 1.807) is 12.1 Å². The van der Waals surface area contributed by atoms with Crippen molar-refractivity contribution in [1.29, 1.82) is 0 Å².